The van der Waals surface area contributed by atoms with Gasteiger partial charge in [-0.25, -0.2) is 19.3 Å². The van der Waals surface area contributed by atoms with Crippen molar-refractivity contribution in [3.8, 4) is 5.82 Å². The number of pyridine rings is 1. The van der Waals surface area contributed by atoms with Gasteiger partial charge >= 0.3 is 6.09 Å². The lowest BCUT2D eigenvalue weighted by atomic mass is 9.76. The molecule has 0 bridgehead atoms. The predicted molar refractivity (Wildman–Crippen MR) is 137 cm³/mol. The van der Waals surface area contributed by atoms with E-state index in [9.17, 15) is 14.7 Å². The maximum absolute atomic E-state index is 13.3. The van der Waals surface area contributed by atoms with E-state index in [1.807, 2.05) is 25.1 Å². The first kappa shape index (κ1) is 24.4. The number of nitrogens with one attached hydrogen (secondary N) is 1. The molecule has 1 aliphatic rings. The molecule has 4 aromatic heterocycles. The first-order valence-corrected chi connectivity index (χ1v) is 12.2. The second-order valence-electron chi connectivity index (χ2n) is 10.5. The van der Waals surface area contributed by atoms with E-state index in [4.69, 9.17) is 5.10 Å². The zero-order valence-electron chi connectivity index (χ0n) is 21.3. The number of aromatic nitrogens is 6. The van der Waals surface area contributed by atoms with Gasteiger partial charge in [0, 0.05) is 43.2 Å². The Kier molecular flexibility index (Phi) is 6.14. The summed E-state index contributed by atoms with van der Waals surface area (Å²) in [6.45, 7) is 8.55. The Hall–Kier alpha value is -4.28. The SMILES string of the molecule is Cc1ccc(-n2nc(C3CCN(C(=O)O)C(C(C)(C)C)C3)cc2NC(=O)c2cnn3cccnc23)nc1. The number of rotatable bonds is 4. The number of aryl methyl sites for hydroxylation is 1. The van der Waals surface area contributed by atoms with E-state index in [-0.39, 0.29) is 23.3 Å². The fourth-order valence-electron chi connectivity index (χ4n) is 4.90. The van der Waals surface area contributed by atoms with E-state index in [0.29, 0.717) is 42.2 Å². The average Bonchev–Trinajstić information content (AvgIpc) is 3.48. The van der Waals surface area contributed by atoms with Crippen LogP contribution in [0.1, 0.15) is 61.1 Å². The minimum atomic E-state index is -0.900. The maximum Gasteiger partial charge on any atom is 0.407 e. The van der Waals surface area contributed by atoms with Crippen LogP contribution in [-0.4, -0.2) is 64.0 Å². The zero-order valence-corrected chi connectivity index (χ0v) is 21.3. The van der Waals surface area contributed by atoms with Crippen LogP contribution in [0.4, 0.5) is 10.6 Å². The van der Waals surface area contributed by atoms with Crippen LogP contribution in [0.2, 0.25) is 0 Å². The Morgan fingerprint density at radius 2 is 1.97 bits per heavy atom. The number of likely N-dealkylation sites (tertiary alicyclic amines) is 1. The second kappa shape index (κ2) is 9.30. The number of piperidine rings is 1. The van der Waals surface area contributed by atoms with Crippen LogP contribution in [0, 0.1) is 12.3 Å². The number of carbonyl (C=O) groups is 2. The van der Waals surface area contributed by atoms with Gasteiger partial charge in [0.1, 0.15) is 11.4 Å². The number of amides is 2. The molecule has 0 aromatic carbocycles. The van der Waals surface area contributed by atoms with Gasteiger partial charge in [-0.1, -0.05) is 26.8 Å². The summed E-state index contributed by atoms with van der Waals surface area (Å²) in [6.07, 6.45) is 6.95. The molecule has 2 N–H and O–H groups in total. The number of fused-ring (bicyclic) bond motifs is 1. The van der Waals surface area contributed by atoms with Gasteiger partial charge in [-0.05, 0) is 42.9 Å². The first-order chi connectivity index (χ1) is 17.6. The van der Waals surface area contributed by atoms with E-state index >= 15 is 0 Å². The lowest BCUT2D eigenvalue weighted by molar-refractivity contribution is 0.0520. The van der Waals surface area contributed by atoms with E-state index < -0.39 is 6.09 Å². The van der Waals surface area contributed by atoms with Gasteiger partial charge in [-0.3, -0.25) is 4.79 Å². The van der Waals surface area contributed by atoms with Crippen molar-refractivity contribution < 1.29 is 14.7 Å². The second-order valence-corrected chi connectivity index (χ2v) is 10.5. The fraction of sp³-hybridized carbons (Fsp3) is 0.385. The van der Waals surface area contributed by atoms with Crippen molar-refractivity contribution in [1.29, 1.82) is 0 Å². The van der Waals surface area contributed by atoms with Gasteiger partial charge in [0.2, 0.25) is 0 Å². The van der Waals surface area contributed by atoms with Crippen molar-refractivity contribution >= 4 is 23.5 Å². The van der Waals surface area contributed by atoms with Crippen molar-refractivity contribution in [2.24, 2.45) is 5.41 Å². The van der Waals surface area contributed by atoms with Gasteiger partial charge in [0.25, 0.3) is 5.91 Å². The number of hydrogen-bond donors (Lipinski definition) is 2. The maximum atomic E-state index is 13.3. The van der Waals surface area contributed by atoms with Gasteiger partial charge in [0.05, 0.1) is 11.9 Å². The topological polar surface area (TPSA) is 131 Å². The molecule has 0 aliphatic carbocycles. The van der Waals surface area contributed by atoms with E-state index in [2.05, 4.69) is 41.2 Å². The highest BCUT2D eigenvalue weighted by molar-refractivity contribution is 6.07. The lowest BCUT2D eigenvalue weighted by Crippen LogP contribution is -2.51. The molecule has 1 fully saturated rings. The van der Waals surface area contributed by atoms with Crippen molar-refractivity contribution in [1.82, 2.24) is 34.3 Å². The standard InChI is InChI=1S/C26H30N8O3/c1-16-6-7-21(28-14-16)34-22(30-24(35)18-15-29-33-10-5-9-27-23(18)33)13-19(31-34)17-8-11-32(25(36)37)20(12-17)26(2,3)4/h5-7,9-10,13-15,17,20H,8,11-12H2,1-4H3,(H,30,35)(H,36,37). The summed E-state index contributed by atoms with van der Waals surface area (Å²) >= 11 is 0. The Morgan fingerprint density at radius 1 is 1.16 bits per heavy atom. The van der Waals surface area contributed by atoms with Crippen molar-refractivity contribution in [2.45, 2.75) is 52.5 Å². The number of carbonyl (C=O) groups excluding carboxylic acids is 1. The molecule has 0 saturated carbocycles. The third-order valence-electron chi connectivity index (χ3n) is 6.87. The Balaban J connectivity index is 1.50. The fourth-order valence-corrected chi connectivity index (χ4v) is 4.90. The van der Waals surface area contributed by atoms with Crippen LogP contribution in [0.3, 0.4) is 0 Å². The summed E-state index contributed by atoms with van der Waals surface area (Å²) in [4.78, 5) is 35.5. The molecule has 11 heteroatoms. The monoisotopic (exact) mass is 502 g/mol. The lowest BCUT2D eigenvalue weighted by Gasteiger charge is -2.44. The van der Waals surface area contributed by atoms with E-state index in [1.165, 1.54) is 11.1 Å². The third-order valence-corrected chi connectivity index (χ3v) is 6.87. The van der Waals surface area contributed by atoms with Gasteiger partial charge in [-0.2, -0.15) is 14.9 Å². The van der Waals surface area contributed by atoms with E-state index in [0.717, 1.165) is 11.3 Å². The number of carboxylic acid groups (broad SMARTS) is 1. The minimum absolute atomic E-state index is 0.0285. The quantitative estimate of drug-likeness (QED) is 0.429. The van der Waals surface area contributed by atoms with Crippen molar-refractivity contribution in [2.75, 3.05) is 11.9 Å². The van der Waals surface area contributed by atoms with Gasteiger partial charge in [-0.15, -0.1) is 0 Å². The molecule has 2 atom stereocenters. The normalized spacial score (nSPS) is 18.2. The van der Waals surface area contributed by atoms with E-state index in [1.54, 1.807) is 33.9 Å². The smallest absolute Gasteiger partial charge is 0.407 e. The first-order valence-electron chi connectivity index (χ1n) is 12.2. The molecule has 37 heavy (non-hydrogen) atoms. The molecular formula is C26H30N8O3. The molecule has 1 saturated heterocycles. The summed E-state index contributed by atoms with van der Waals surface area (Å²) in [7, 11) is 0. The van der Waals surface area contributed by atoms with Crippen LogP contribution in [-0.2, 0) is 0 Å². The van der Waals surface area contributed by atoms with Crippen LogP contribution < -0.4 is 5.32 Å². The summed E-state index contributed by atoms with van der Waals surface area (Å²) in [5.41, 5.74) is 2.36. The number of anilines is 1. The summed E-state index contributed by atoms with van der Waals surface area (Å²) in [5, 5.41) is 21.8. The van der Waals surface area contributed by atoms with Crippen LogP contribution in [0.15, 0.2) is 49.1 Å². The summed E-state index contributed by atoms with van der Waals surface area (Å²) in [5.74, 6) is 0.711. The molecule has 4 aromatic rings. The molecule has 11 nitrogen and oxygen atoms in total. The Bertz CT molecular complexity index is 1450. The molecule has 2 unspecified atom stereocenters. The highest BCUT2D eigenvalue weighted by Gasteiger charge is 2.40. The average molecular weight is 503 g/mol. The third kappa shape index (κ3) is 4.76. The van der Waals surface area contributed by atoms with Gasteiger partial charge < -0.3 is 15.3 Å². The Morgan fingerprint density at radius 3 is 2.68 bits per heavy atom. The van der Waals surface area contributed by atoms with Crippen molar-refractivity contribution in [3.05, 3.63) is 65.9 Å². The highest BCUT2D eigenvalue weighted by Crippen LogP contribution is 2.39. The van der Waals surface area contributed by atoms with Gasteiger partial charge in [0.15, 0.2) is 11.5 Å². The summed E-state index contributed by atoms with van der Waals surface area (Å²) < 4.78 is 3.17. The van der Waals surface area contributed by atoms with Crippen molar-refractivity contribution in [3.63, 3.8) is 0 Å². The molecule has 192 valence electrons. The molecule has 1 aliphatic heterocycles. The zero-order chi connectivity index (χ0) is 26.3. The molecule has 5 rings (SSSR count). The molecule has 2 amide bonds. The Labute approximate surface area is 214 Å². The minimum Gasteiger partial charge on any atom is -0.465 e. The molecule has 0 radical (unpaired) electrons. The summed E-state index contributed by atoms with van der Waals surface area (Å²) in [6, 6.07) is 7.23. The predicted octanol–water partition coefficient (Wildman–Crippen LogP) is 4.14. The van der Waals surface area contributed by atoms with Crippen LogP contribution in [0.5, 0.6) is 0 Å². The molecule has 5 heterocycles. The largest absolute Gasteiger partial charge is 0.465 e. The van der Waals surface area contributed by atoms with Crippen LogP contribution in [0.25, 0.3) is 11.5 Å². The number of nitrogens with zero attached hydrogens (tertiary/aromatic N) is 7. The van der Waals surface area contributed by atoms with Crippen LogP contribution >= 0.6 is 0 Å². The highest BCUT2D eigenvalue weighted by atomic mass is 16.4. The molecular weight excluding hydrogens is 472 g/mol. The molecule has 0 spiro atoms. The number of hydrogen-bond acceptors (Lipinski definition) is 6.